The van der Waals surface area contributed by atoms with Crippen LogP contribution in [-0.2, 0) is 17.8 Å². The summed E-state index contributed by atoms with van der Waals surface area (Å²) in [5, 5.41) is 13.5. The van der Waals surface area contributed by atoms with Crippen LogP contribution < -0.4 is 5.32 Å². The number of para-hydroxylation sites is 2. The Morgan fingerprint density at radius 2 is 2.07 bits per heavy atom. The summed E-state index contributed by atoms with van der Waals surface area (Å²) in [6.45, 7) is 2.02. The number of anilines is 1. The first kappa shape index (κ1) is 16.8. The number of amides is 1. The van der Waals surface area contributed by atoms with E-state index in [0.717, 1.165) is 16.9 Å². The molecule has 27 heavy (non-hydrogen) atoms. The Morgan fingerprint density at radius 1 is 1.22 bits per heavy atom. The molecule has 0 radical (unpaired) electrons. The van der Waals surface area contributed by atoms with Gasteiger partial charge in [-0.2, -0.15) is 0 Å². The first-order valence-corrected chi connectivity index (χ1v) is 8.42. The highest BCUT2D eigenvalue weighted by atomic mass is 19.1. The quantitative estimate of drug-likeness (QED) is 0.586. The van der Waals surface area contributed by atoms with Crippen molar-refractivity contribution in [2.45, 2.75) is 19.9 Å². The van der Waals surface area contributed by atoms with Gasteiger partial charge in [-0.3, -0.25) is 4.79 Å². The maximum absolute atomic E-state index is 14.2. The van der Waals surface area contributed by atoms with Gasteiger partial charge in [0.05, 0.1) is 22.4 Å². The second kappa shape index (κ2) is 6.94. The van der Waals surface area contributed by atoms with Gasteiger partial charge >= 0.3 is 0 Å². The number of nitrogens with zero attached hydrogens (tertiary/aromatic N) is 6. The molecule has 0 atom stereocenters. The average molecular weight is 365 g/mol. The van der Waals surface area contributed by atoms with Crippen molar-refractivity contribution in [2.24, 2.45) is 0 Å². The largest absolute Gasteiger partial charge is 0.322 e. The van der Waals surface area contributed by atoms with E-state index in [-0.39, 0.29) is 18.1 Å². The van der Waals surface area contributed by atoms with Crippen molar-refractivity contribution in [3.8, 4) is 5.69 Å². The van der Waals surface area contributed by atoms with Crippen LogP contribution in [0.15, 0.2) is 48.8 Å². The van der Waals surface area contributed by atoms with E-state index in [0.29, 0.717) is 12.1 Å². The molecular weight excluding hydrogens is 349 g/mol. The number of hydrogen-bond donors (Lipinski definition) is 1. The van der Waals surface area contributed by atoms with E-state index in [2.05, 4.69) is 25.8 Å². The maximum Gasteiger partial charge on any atom is 0.244 e. The minimum absolute atomic E-state index is 0.0399. The zero-order valence-electron chi connectivity index (χ0n) is 14.5. The molecule has 0 spiro atoms. The first-order chi connectivity index (χ1) is 13.2. The van der Waals surface area contributed by atoms with Gasteiger partial charge in [-0.25, -0.2) is 14.1 Å². The molecule has 0 aliphatic carbocycles. The monoisotopic (exact) mass is 365 g/mol. The molecule has 2 aromatic carbocycles. The van der Waals surface area contributed by atoms with Gasteiger partial charge in [-0.1, -0.05) is 19.1 Å². The summed E-state index contributed by atoms with van der Waals surface area (Å²) < 4.78 is 17.4. The first-order valence-electron chi connectivity index (χ1n) is 8.42. The summed E-state index contributed by atoms with van der Waals surface area (Å²) in [6, 6.07) is 11.9. The number of imidazole rings is 1. The lowest BCUT2D eigenvalue weighted by molar-refractivity contribution is -0.116. The molecule has 0 aliphatic heterocycles. The highest BCUT2D eigenvalue weighted by molar-refractivity contribution is 5.92. The minimum atomic E-state index is -0.536. The molecule has 0 unspecified atom stereocenters. The van der Waals surface area contributed by atoms with E-state index >= 15 is 0 Å². The van der Waals surface area contributed by atoms with Crippen molar-refractivity contribution >= 4 is 22.6 Å². The molecule has 0 saturated heterocycles. The van der Waals surface area contributed by atoms with Crippen LogP contribution in [0.5, 0.6) is 0 Å². The predicted octanol–water partition coefficient (Wildman–Crippen LogP) is 2.35. The Labute approximate surface area is 153 Å². The molecule has 4 aromatic rings. The standard InChI is InChI=1S/C18H16FN7O/c1-2-17-21-14-5-3-4-6-16(14)25(17)10-18(27)22-15-9-12(7-8-13(15)19)26-11-20-23-24-26/h3-9,11H,2,10H2,1H3,(H,22,27). The van der Waals surface area contributed by atoms with Crippen LogP contribution in [0.3, 0.4) is 0 Å². The molecule has 0 aliphatic rings. The van der Waals surface area contributed by atoms with E-state index < -0.39 is 5.82 Å². The fraction of sp³-hybridized carbons (Fsp3) is 0.167. The predicted molar refractivity (Wildman–Crippen MR) is 96.9 cm³/mol. The van der Waals surface area contributed by atoms with Gasteiger partial charge in [0.25, 0.3) is 0 Å². The zero-order chi connectivity index (χ0) is 18.8. The van der Waals surface area contributed by atoms with Crippen LogP contribution in [0.25, 0.3) is 16.7 Å². The molecule has 0 saturated carbocycles. The Bertz CT molecular complexity index is 1100. The Balaban J connectivity index is 1.60. The third kappa shape index (κ3) is 3.26. The normalized spacial score (nSPS) is 11.0. The van der Waals surface area contributed by atoms with Gasteiger partial charge in [0.2, 0.25) is 5.91 Å². The van der Waals surface area contributed by atoms with Crippen molar-refractivity contribution in [3.63, 3.8) is 0 Å². The molecule has 1 N–H and O–H groups in total. The lowest BCUT2D eigenvalue weighted by atomic mass is 10.2. The molecule has 4 rings (SSSR count). The highest BCUT2D eigenvalue weighted by Crippen LogP contribution is 2.20. The number of rotatable bonds is 5. The van der Waals surface area contributed by atoms with E-state index in [4.69, 9.17) is 0 Å². The Hall–Kier alpha value is -3.62. The number of halogens is 1. The van der Waals surface area contributed by atoms with Crippen molar-refractivity contribution in [2.75, 3.05) is 5.32 Å². The SMILES string of the molecule is CCc1nc2ccccc2n1CC(=O)Nc1cc(-n2cnnn2)ccc1F. The number of aromatic nitrogens is 6. The number of carbonyl (C=O) groups excluding carboxylic acids is 1. The lowest BCUT2D eigenvalue weighted by Gasteiger charge is -2.11. The fourth-order valence-corrected chi connectivity index (χ4v) is 2.94. The second-order valence-electron chi connectivity index (χ2n) is 5.92. The summed E-state index contributed by atoms with van der Waals surface area (Å²) in [5.41, 5.74) is 2.30. The Kier molecular flexibility index (Phi) is 4.33. The number of nitrogens with one attached hydrogen (secondary N) is 1. The van der Waals surface area contributed by atoms with E-state index in [1.807, 2.05) is 35.8 Å². The van der Waals surface area contributed by atoms with E-state index in [1.54, 1.807) is 0 Å². The molecule has 0 fully saturated rings. The number of fused-ring (bicyclic) bond motifs is 1. The van der Waals surface area contributed by atoms with Crippen molar-refractivity contribution in [3.05, 3.63) is 60.4 Å². The molecule has 1 amide bonds. The van der Waals surface area contributed by atoms with E-state index in [1.165, 1.54) is 29.2 Å². The summed E-state index contributed by atoms with van der Waals surface area (Å²) >= 11 is 0. The summed E-state index contributed by atoms with van der Waals surface area (Å²) in [4.78, 5) is 17.1. The number of benzene rings is 2. The van der Waals surface area contributed by atoms with Gasteiger partial charge in [-0.05, 0) is 40.8 Å². The van der Waals surface area contributed by atoms with Gasteiger partial charge in [-0.15, -0.1) is 5.10 Å². The third-order valence-electron chi connectivity index (χ3n) is 4.19. The topological polar surface area (TPSA) is 90.5 Å². The zero-order valence-corrected chi connectivity index (χ0v) is 14.5. The molecule has 136 valence electrons. The number of hydrogen-bond acceptors (Lipinski definition) is 5. The average Bonchev–Trinajstić information content (AvgIpc) is 3.32. The van der Waals surface area contributed by atoms with Crippen LogP contribution in [-0.4, -0.2) is 35.7 Å². The lowest BCUT2D eigenvalue weighted by Crippen LogP contribution is -2.20. The van der Waals surface area contributed by atoms with Gasteiger partial charge in [0.1, 0.15) is 24.5 Å². The maximum atomic E-state index is 14.2. The van der Waals surface area contributed by atoms with E-state index in [9.17, 15) is 9.18 Å². The molecule has 8 nitrogen and oxygen atoms in total. The fourth-order valence-electron chi connectivity index (χ4n) is 2.94. The van der Waals surface area contributed by atoms with Crippen LogP contribution >= 0.6 is 0 Å². The number of aryl methyl sites for hydroxylation is 1. The van der Waals surface area contributed by atoms with Gasteiger partial charge < -0.3 is 9.88 Å². The number of carbonyl (C=O) groups is 1. The summed E-state index contributed by atoms with van der Waals surface area (Å²) in [7, 11) is 0. The van der Waals surface area contributed by atoms with Crippen LogP contribution in [0.1, 0.15) is 12.7 Å². The molecule has 2 aromatic heterocycles. The van der Waals surface area contributed by atoms with Gasteiger partial charge in [0.15, 0.2) is 0 Å². The number of tetrazole rings is 1. The van der Waals surface area contributed by atoms with Crippen LogP contribution in [0.4, 0.5) is 10.1 Å². The van der Waals surface area contributed by atoms with Gasteiger partial charge in [0, 0.05) is 6.42 Å². The highest BCUT2D eigenvalue weighted by Gasteiger charge is 2.14. The molecular formula is C18H16FN7O. The minimum Gasteiger partial charge on any atom is -0.322 e. The molecule has 9 heteroatoms. The molecule has 2 heterocycles. The van der Waals surface area contributed by atoms with Crippen molar-refractivity contribution < 1.29 is 9.18 Å². The van der Waals surface area contributed by atoms with Crippen molar-refractivity contribution in [1.82, 2.24) is 29.8 Å². The summed E-state index contributed by atoms with van der Waals surface area (Å²) in [5.74, 6) is -0.0822. The van der Waals surface area contributed by atoms with Crippen LogP contribution in [0, 0.1) is 5.82 Å². The Morgan fingerprint density at radius 3 is 2.85 bits per heavy atom. The second-order valence-corrected chi connectivity index (χ2v) is 5.92. The summed E-state index contributed by atoms with van der Waals surface area (Å²) in [6.07, 6.45) is 2.08. The van der Waals surface area contributed by atoms with Crippen LogP contribution in [0.2, 0.25) is 0 Å². The van der Waals surface area contributed by atoms with Crippen molar-refractivity contribution in [1.29, 1.82) is 0 Å². The smallest absolute Gasteiger partial charge is 0.244 e. The molecule has 0 bridgehead atoms. The third-order valence-corrected chi connectivity index (χ3v) is 4.19.